The van der Waals surface area contributed by atoms with Gasteiger partial charge in [-0.15, -0.1) is 0 Å². The zero-order valence-electron chi connectivity index (χ0n) is 12.2. The van der Waals surface area contributed by atoms with Gasteiger partial charge in [-0.1, -0.05) is 6.08 Å². The maximum atomic E-state index is 5.78. The molecular formula is C13H28O4Si. The van der Waals surface area contributed by atoms with Crippen LogP contribution >= 0.6 is 0 Å². The van der Waals surface area contributed by atoms with Crippen LogP contribution in [0.2, 0.25) is 6.04 Å². The van der Waals surface area contributed by atoms with Gasteiger partial charge in [0.2, 0.25) is 0 Å². The first-order valence-electron chi connectivity index (χ1n) is 6.89. The molecule has 0 amide bonds. The minimum atomic E-state index is -2.44. The van der Waals surface area contributed by atoms with E-state index in [1.165, 1.54) is 0 Å². The average Bonchev–Trinajstić information content (AvgIpc) is 2.35. The Morgan fingerprint density at radius 3 is 1.89 bits per heavy atom. The van der Waals surface area contributed by atoms with Crippen LogP contribution in [0.5, 0.6) is 0 Å². The molecule has 108 valence electrons. The smallest absolute Gasteiger partial charge is 0.500 e. The Bertz CT molecular complexity index is 192. The standard InChI is InChI=1S/C13H28O4Si/c1-5-11-14-12-9-10-13-18(15-6-2,16-7-3)17-8-4/h5,11H,6-10,12-13H2,1-4H3. The highest BCUT2D eigenvalue weighted by Gasteiger charge is 2.39. The molecule has 0 aromatic carbocycles. The van der Waals surface area contributed by atoms with Gasteiger partial charge < -0.3 is 18.0 Å². The van der Waals surface area contributed by atoms with Crippen molar-refractivity contribution in [1.82, 2.24) is 0 Å². The van der Waals surface area contributed by atoms with E-state index in [2.05, 4.69) is 0 Å². The summed E-state index contributed by atoms with van der Waals surface area (Å²) in [6, 6.07) is 0.863. The molecule has 4 nitrogen and oxygen atoms in total. The summed E-state index contributed by atoms with van der Waals surface area (Å²) in [5.41, 5.74) is 0. The molecule has 0 atom stereocenters. The van der Waals surface area contributed by atoms with Crippen molar-refractivity contribution in [3.63, 3.8) is 0 Å². The predicted octanol–water partition coefficient (Wildman–Crippen LogP) is 3.37. The molecular weight excluding hydrogens is 248 g/mol. The molecule has 5 heteroatoms. The van der Waals surface area contributed by atoms with E-state index >= 15 is 0 Å². The minimum Gasteiger partial charge on any atom is -0.502 e. The molecule has 0 spiro atoms. The summed E-state index contributed by atoms with van der Waals surface area (Å²) < 4.78 is 22.6. The molecule has 0 saturated heterocycles. The SMILES string of the molecule is CC=COCCCC[Si](OCC)(OCC)OCC. The van der Waals surface area contributed by atoms with Crippen LogP contribution in [0, 0.1) is 0 Å². The molecule has 0 aliphatic rings. The van der Waals surface area contributed by atoms with Gasteiger partial charge >= 0.3 is 8.80 Å². The van der Waals surface area contributed by atoms with Crippen molar-refractivity contribution in [1.29, 1.82) is 0 Å². The molecule has 0 aliphatic carbocycles. The van der Waals surface area contributed by atoms with Crippen LogP contribution in [0.1, 0.15) is 40.5 Å². The number of rotatable bonds is 12. The predicted molar refractivity (Wildman–Crippen MR) is 75.4 cm³/mol. The fourth-order valence-electron chi connectivity index (χ4n) is 1.69. The number of hydrogen-bond acceptors (Lipinski definition) is 4. The summed E-state index contributed by atoms with van der Waals surface area (Å²) in [6.07, 6.45) is 5.61. The fraction of sp³-hybridized carbons (Fsp3) is 0.846. The zero-order chi connectivity index (χ0) is 13.7. The molecule has 0 aliphatic heterocycles. The van der Waals surface area contributed by atoms with E-state index in [0.717, 1.165) is 25.5 Å². The third kappa shape index (κ3) is 7.87. The van der Waals surface area contributed by atoms with Crippen LogP contribution < -0.4 is 0 Å². The van der Waals surface area contributed by atoms with E-state index < -0.39 is 8.80 Å². The van der Waals surface area contributed by atoms with Gasteiger partial charge in [-0.05, 0) is 40.5 Å². The summed E-state index contributed by atoms with van der Waals surface area (Å²) in [5, 5.41) is 0. The lowest BCUT2D eigenvalue weighted by Crippen LogP contribution is -2.45. The van der Waals surface area contributed by atoms with Crippen LogP contribution in [0.3, 0.4) is 0 Å². The average molecular weight is 276 g/mol. The first kappa shape index (κ1) is 17.6. The molecule has 0 bridgehead atoms. The van der Waals surface area contributed by atoms with Gasteiger partial charge in [0.25, 0.3) is 0 Å². The highest BCUT2D eigenvalue weighted by Crippen LogP contribution is 2.19. The van der Waals surface area contributed by atoms with Crippen molar-refractivity contribution in [2.24, 2.45) is 0 Å². The molecule has 0 aromatic heterocycles. The molecule has 0 saturated carbocycles. The van der Waals surface area contributed by atoms with Gasteiger partial charge in [0.05, 0.1) is 12.9 Å². The van der Waals surface area contributed by atoms with Crippen molar-refractivity contribution in [2.45, 2.75) is 46.6 Å². The van der Waals surface area contributed by atoms with E-state index in [1.807, 2.05) is 33.8 Å². The van der Waals surface area contributed by atoms with Crippen LogP contribution in [-0.4, -0.2) is 35.2 Å². The van der Waals surface area contributed by atoms with Crippen LogP contribution in [0.4, 0.5) is 0 Å². The molecule has 0 fully saturated rings. The Labute approximate surface area is 113 Å². The zero-order valence-corrected chi connectivity index (χ0v) is 13.2. The van der Waals surface area contributed by atoms with Crippen molar-refractivity contribution < 1.29 is 18.0 Å². The van der Waals surface area contributed by atoms with Crippen molar-refractivity contribution in [3.8, 4) is 0 Å². The molecule has 0 radical (unpaired) electrons. The first-order valence-corrected chi connectivity index (χ1v) is 8.82. The Morgan fingerprint density at radius 1 is 0.889 bits per heavy atom. The molecule has 0 rings (SSSR count). The third-order valence-electron chi connectivity index (χ3n) is 2.32. The van der Waals surface area contributed by atoms with Gasteiger partial charge in [-0.2, -0.15) is 0 Å². The van der Waals surface area contributed by atoms with E-state index in [-0.39, 0.29) is 0 Å². The van der Waals surface area contributed by atoms with Crippen LogP contribution in [0.25, 0.3) is 0 Å². The van der Waals surface area contributed by atoms with Crippen LogP contribution in [-0.2, 0) is 18.0 Å². The molecule has 0 unspecified atom stereocenters. The Hall–Kier alpha value is -0.363. The summed E-state index contributed by atoms with van der Waals surface area (Å²) in [6.45, 7) is 10.5. The maximum absolute atomic E-state index is 5.78. The van der Waals surface area contributed by atoms with Crippen LogP contribution in [0.15, 0.2) is 12.3 Å². The van der Waals surface area contributed by atoms with E-state index in [9.17, 15) is 0 Å². The second-order valence-electron chi connectivity index (χ2n) is 3.78. The minimum absolute atomic E-state index is 0.640. The van der Waals surface area contributed by atoms with Crippen molar-refractivity contribution in [3.05, 3.63) is 12.3 Å². The summed E-state index contributed by atoms with van der Waals surface area (Å²) in [5.74, 6) is 0. The largest absolute Gasteiger partial charge is 0.502 e. The van der Waals surface area contributed by atoms with Gasteiger partial charge in [-0.3, -0.25) is 0 Å². The molecule has 0 N–H and O–H groups in total. The highest BCUT2D eigenvalue weighted by atomic mass is 28.4. The highest BCUT2D eigenvalue weighted by molar-refractivity contribution is 6.60. The van der Waals surface area contributed by atoms with Gasteiger partial charge in [0.15, 0.2) is 0 Å². The van der Waals surface area contributed by atoms with Gasteiger partial charge in [-0.25, -0.2) is 0 Å². The quantitative estimate of drug-likeness (QED) is 0.311. The van der Waals surface area contributed by atoms with Crippen molar-refractivity contribution >= 4 is 8.80 Å². The summed E-state index contributed by atoms with van der Waals surface area (Å²) >= 11 is 0. The number of hydrogen-bond donors (Lipinski definition) is 0. The van der Waals surface area contributed by atoms with E-state index in [1.54, 1.807) is 6.26 Å². The number of allylic oxidation sites excluding steroid dienone is 1. The van der Waals surface area contributed by atoms with E-state index in [0.29, 0.717) is 19.8 Å². The lowest BCUT2D eigenvalue weighted by molar-refractivity contribution is 0.0702. The third-order valence-corrected chi connectivity index (χ3v) is 5.47. The second-order valence-corrected chi connectivity index (χ2v) is 6.51. The topological polar surface area (TPSA) is 36.9 Å². The molecule has 0 heterocycles. The normalized spacial score (nSPS) is 12.2. The fourth-order valence-corrected chi connectivity index (χ4v) is 4.38. The first-order chi connectivity index (χ1) is 8.74. The monoisotopic (exact) mass is 276 g/mol. The lowest BCUT2D eigenvalue weighted by atomic mass is 10.4. The molecule has 0 aromatic rings. The number of ether oxygens (including phenoxy) is 1. The summed E-state index contributed by atoms with van der Waals surface area (Å²) in [4.78, 5) is 0. The van der Waals surface area contributed by atoms with Crippen molar-refractivity contribution in [2.75, 3.05) is 26.4 Å². The Balaban J connectivity index is 4.04. The second kappa shape index (κ2) is 11.7. The number of unbranched alkanes of at least 4 members (excludes halogenated alkanes) is 1. The summed E-state index contributed by atoms with van der Waals surface area (Å²) in [7, 11) is -2.44. The lowest BCUT2D eigenvalue weighted by Gasteiger charge is -2.28. The van der Waals surface area contributed by atoms with Gasteiger partial charge in [0.1, 0.15) is 0 Å². The Kier molecular flexibility index (Phi) is 11.5. The van der Waals surface area contributed by atoms with E-state index in [4.69, 9.17) is 18.0 Å². The molecule has 18 heavy (non-hydrogen) atoms. The maximum Gasteiger partial charge on any atom is 0.500 e. The Morgan fingerprint density at radius 2 is 1.44 bits per heavy atom. The van der Waals surface area contributed by atoms with Gasteiger partial charge in [0, 0.05) is 25.9 Å².